The van der Waals surface area contributed by atoms with Crippen LogP contribution in [-0.4, -0.2) is 41.5 Å². The maximum atomic E-state index is 9.63. The first-order valence-corrected chi connectivity index (χ1v) is 4.59. The van der Waals surface area contributed by atoms with Crippen molar-refractivity contribution < 1.29 is 76.6 Å². The van der Waals surface area contributed by atoms with Gasteiger partial charge in [0, 0.05) is 21.7 Å². The Balaban J connectivity index is -0.0000000320. The minimum absolute atomic E-state index is 0. The molecule has 11 nitrogen and oxygen atoms in total. The maximum absolute atomic E-state index is 9.63. The smallest absolute Gasteiger partial charge is 0.412 e. The quantitative estimate of drug-likeness (QED) is 0.289. The third kappa shape index (κ3) is 38.5. The second-order valence-electron chi connectivity index (χ2n) is 1.06. The molecular formula is H12O11P2Ti. The molecule has 0 spiro atoms. The summed E-state index contributed by atoms with van der Waals surface area (Å²) >= 11 is 0. The van der Waals surface area contributed by atoms with Crippen molar-refractivity contribution in [2.24, 2.45) is 0 Å². The van der Waals surface area contributed by atoms with Crippen LogP contribution in [0.5, 0.6) is 0 Å². The molecule has 0 unspecified atom stereocenters. The Morgan fingerprint density at radius 1 is 0.714 bits per heavy atom. The van der Waals surface area contributed by atoms with E-state index in [0.717, 1.165) is 0 Å². The van der Waals surface area contributed by atoms with E-state index in [1.165, 1.54) is 0 Å². The van der Waals surface area contributed by atoms with Crippen LogP contribution in [0.1, 0.15) is 0 Å². The Morgan fingerprint density at radius 2 is 0.857 bits per heavy atom. The van der Waals surface area contributed by atoms with Crippen molar-refractivity contribution in [3.8, 4) is 0 Å². The molecule has 0 bridgehead atoms. The van der Waals surface area contributed by atoms with E-state index in [4.69, 9.17) is 19.6 Å². The summed E-state index contributed by atoms with van der Waals surface area (Å²) in [6.07, 6.45) is 0. The van der Waals surface area contributed by atoms with E-state index >= 15 is 0 Å². The summed E-state index contributed by atoms with van der Waals surface area (Å²) in [5, 5.41) is 0. The average Bonchev–Trinajstić information content (AvgIpc) is 1.14. The Kier molecular flexibility index (Phi) is 30.9. The molecule has 0 aromatic carbocycles. The molecule has 0 atom stereocenters. The van der Waals surface area contributed by atoms with Crippen molar-refractivity contribution >= 4 is 15.6 Å². The first-order valence-electron chi connectivity index (χ1n) is 1.53. The minimum Gasteiger partial charge on any atom is -0.412 e. The van der Waals surface area contributed by atoms with Crippen molar-refractivity contribution in [1.29, 1.82) is 0 Å². The van der Waals surface area contributed by atoms with Gasteiger partial charge in [-0.05, 0) is 0 Å². The van der Waals surface area contributed by atoms with Crippen molar-refractivity contribution in [1.82, 2.24) is 0 Å². The maximum Gasteiger partial charge on any atom is 0.478 e. The topological polar surface area (TPSA) is 250 Å². The van der Waals surface area contributed by atoms with Gasteiger partial charge in [-0.2, -0.15) is 4.31 Å². The van der Waals surface area contributed by atoms with Gasteiger partial charge in [-0.3, -0.25) is 0 Å². The van der Waals surface area contributed by atoms with Crippen LogP contribution >= 0.6 is 15.6 Å². The van der Waals surface area contributed by atoms with Gasteiger partial charge in [0.2, 0.25) is 0 Å². The van der Waals surface area contributed by atoms with Crippen LogP contribution in [0.15, 0.2) is 0 Å². The molecule has 0 saturated heterocycles. The van der Waals surface area contributed by atoms with Gasteiger partial charge in [-0.1, -0.05) is 0 Å². The molecule has 0 aliphatic heterocycles. The Morgan fingerprint density at radius 3 is 0.857 bits per heavy atom. The third-order valence-electron chi connectivity index (χ3n) is 0.213. The molecule has 0 heterocycles. The molecule has 0 fully saturated rings. The molecule has 0 saturated carbocycles. The fourth-order valence-corrected chi connectivity index (χ4v) is 1.25. The first-order chi connectivity index (χ1) is 3.71. The molecule has 14 heavy (non-hydrogen) atoms. The molecule has 0 rings (SSSR count). The zero-order valence-electron chi connectivity index (χ0n) is 6.41. The van der Waals surface area contributed by atoms with Crippen molar-refractivity contribution in [3.63, 3.8) is 0 Å². The number of hydrogen-bond donors (Lipinski definition) is 4. The zero-order valence-corrected chi connectivity index (χ0v) is 9.76. The van der Waals surface area contributed by atoms with Gasteiger partial charge >= 0.3 is 15.6 Å². The summed E-state index contributed by atoms with van der Waals surface area (Å²) in [5.74, 6) is 0. The molecule has 0 aromatic heterocycles. The van der Waals surface area contributed by atoms with Gasteiger partial charge in [-0.15, -0.1) is 0 Å². The van der Waals surface area contributed by atoms with Crippen LogP contribution in [0.4, 0.5) is 0 Å². The van der Waals surface area contributed by atoms with E-state index in [-0.39, 0.29) is 43.6 Å². The predicted molar refractivity (Wildman–Crippen MR) is 39.6 cm³/mol. The van der Waals surface area contributed by atoms with Crippen LogP contribution in [0.25, 0.3) is 0 Å². The summed E-state index contributed by atoms with van der Waals surface area (Å²) in [4.78, 5) is 31.0. The monoisotopic (exact) mass is 298 g/mol. The van der Waals surface area contributed by atoms with E-state index < -0.39 is 15.6 Å². The van der Waals surface area contributed by atoms with Crippen LogP contribution < -0.4 is 0 Å². The Bertz CT molecular complexity index is 154. The van der Waals surface area contributed by atoms with E-state index in [2.05, 4.69) is 4.31 Å². The van der Waals surface area contributed by atoms with Gasteiger partial charge in [-0.25, -0.2) is 9.13 Å². The third-order valence-corrected chi connectivity index (χ3v) is 1.91. The molecule has 92 valence electrons. The molecule has 0 radical (unpaired) electrons. The number of hydrogen-bond acceptors (Lipinski definition) is 3. The number of phosphoric acid groups is 2. The van der Waals surface area contributed by atoms with Gasteiger partial charge in [0.25, 0.3) is 0 Å². The summed E-state index contributed by atoms with van der Waals surface area (Å²) in [6, 6.07) is 0. The molecule has 0 amide bonds. The second kappa shape index (κ2) is 11.9. The average molecular weight is 298 g/mol. The van der Waals surface area contributed by atoms with Crippen LogP contribution in [-0.2, 0) is 35.2 Å². The van der Waals surface area contributed by atoms with Gasteiger partial charge in [0.1, 0.15) is 0 Å². The first kappa shape index (κ1) is 36.4. The summed E-state index contributed by atoms with van der Waals surface area (Å²) in [7, 11) is -10.1. The summed E-state index contributed by atoms with van der Waals surface area (Å²) in [6.45, 7) is 0. The molecule has 14 heteroatoms. The van der Waals surface area contributed by atoms with Gasteiger partial charge in [0.05, 0.1) is 0 Å². The van der Waals surface area contributed by atoms with Crippen LogP contribution in [0.2, 0.25) is 0 Å². The van der Waals surface area contributed by atoms with Crippen molar-refractivity contribution in [2.75, 3.05) is 0 Å². The zero-order chi connectivity index (χ0) is 7.71. The number of rotatable bonds is 2. The van der Waals surface area contributed by atoms with Crippen LogP contribution in [0.3, 0.4) is 0 Å². The largest absolute Gasteiger partial charge is 0.478 e. The summed E-state index contributed by atoms with van der Waals surface area (Å²) in [5.41, 5.74) is 0. The summed E-state index contributed by atoms with van der Waals surface area (Å²) < 4.78 is 22.2. The van der Waals surface area contributed by atoms with E-state index in [9.17, 15) is 9.13 Å². The fourth-order valence-electron chi connectivity index (χ4n) is 0.139. The molecular weight excluding hydrogens is 286 g/mol. The Labute approximate surface area is 92.7 Å². The molecule has 0 aliphatic rings. The standard InChI is InChI=1S/H4O7P2.4H2O.Ti/c1-8(2,3)7-9(4,5)6;;;;;/h(H2,1,2,3)(H2,4,5,6);4*1H2;. The van der Waals surface area contributed by atoms with Gasteiger partial charge < -0.3 is 41.5 Å². The van der Waals surface area contributed by atoms with Crippen LogP contribution in [0, 0.1) is 0 Å². The SMILES string of the molecule is O.O.O.O.O=P(O)(O)OP(=O)(O)O.[Ti]. The van der Waals surface area contributed by atoms with Crippen molar-refractivity contribution in [3.05, 3.63) is 0 Å². The second-order valence-corrected chi connectivity index (χ2v) is 3.68. The molecule has 12 N–H and O–H groups in total. The molecule has 0 aromatic rings. The minimum atomic E-state index is -5.05. The van der Waals surface area contributed by atoms with E-state index in [1.54, 1.807) is 0 Å². The predicted octanol–water partition coefficient (Wildman–Crippen LogP) is -4.11. The van der Waals surface area contributed by atoms with E-state index in [1.807, 2.05) is 0 Å². The van der Waals surface area contributed by atoms with E-state index in [0.29, 0.717) is 0 Å². The Hall–Kier alpha value is 0.814. The van der Waals surface area contributed by atoms with Crippen molar-refractivity contribution in [2.45, 2.75) is 0 Å². The van der Waals surface area contributed by atoms with Gasteiger partial charge in [0.15, 0.2) is 0 Å². The normalized spacial score (nSPS) is 8.86. The fraction of sp³-hybridized carbons (Fsp3) is 0. The molecule has 0 aliphatic carbocycles.